The Morgan fingerprint density at radius 2 is 1.62 bits per heavy atom. The van der Waals surface area contributed by atoms with E-state index in [1.807, 2.05) is 0 Å². The first-order chi connectivity index (χ1) is 5.54. The summed E-state index contributed by atoms with van der Waals surface area (Å²) in [4.78, 5) is 13.1. The third-order valence-corrected chi connectivity index (χ3v) is 1.58. The fourth-order valence-corrected chi connectivity index (χ4v) is 1.25. The molecule has 0 aromatic heterocycles. The summed E-state index contributed by atoms with van der Waals surface area (Å²) in [6, 6.07) is 0. The standard InChI is InChI=1S/C10H21NO2/c1-9(2,3)7-11(6)8(12)10(4,5)13/h13H,7H2,1-6H3. The van der Waals surface area contributed by atoms with E-state index >= 15 is 0 Å². The average Bonchev–Trinajstić information content (AvgIpc) is 1.79. The number of hydrogen-bond donors (Lipinski definition) is 1. The number of likely N-dealkylation sites (N-methyl/N-ethyl adjacent to an activating group) is 1. The van der Waals surface area contributed by atoms with Gasteiger partial charge in [0.15, 0.2) is 0 Å². The summed E-state index contributed by atoms with van der Waals surface area (Å²) in [5, 5.41) is 9.46. The van der Waals surface area contributed by atoms with Gasteiger partial charge in [0.25, 0.3) is 5.91 Å². The number of rotatable bonds is 2. The van der Waals surface area contributed by atoms with Crippen molar-refractivity contribution in [3.05, 3.63) is 0 Å². The maximum absolute atomic E-state index is 11.5. The van der Waals surface area contributed by atoms with Gasteiger partial charge in [-0.05, 0) is 19.3 Å². The van der Waals surface area contributed by atoms with E-state index in [4.69, 9.17) is 0 Å². The predicted molar refractivity (Wildman–Crippen MR) is 53.4 cm³/mol. The van der Waals surface area contributed by atoms with Crippen molar-refractivity contribution in [1.82, 2.24) is 4.90 Å². The molecule has 0 aliphatic carbocycles. The summed E-state index contributed by atoms with van der Waals surface area (Å²) in [7, 11) is 1.71. The highest BCUT2D eigenvalue weighted by Crippen LogP contribution is 2.16. The molecule has 0 atom stereocenters. The minimum Gasteiger partial charge on any atom is -0.381 e. The lowest BCUT2D eigenvalue weighted by Crippen LogP contribution is -2.45. The Morgan fingerprint density at radius 1 is 1.23 bits per heavy atom. The molecule has 1 amide bonds. The van der Waals surface area contributed by atoms with Gasteiger partial charge in [-0.2, -0.15) is 0 Å². The summed E-state index contributed by atoms with van der Waals surface area (Å²) in [6.07, 6.45) is 0. The highest BCUT2D eigenvalue weighted by atomic mass is 16.3. The van der Waals surface area contributed by atoms with E-state index in [-0.39, 0.29) is 11.3 Å². The smallest absolute Gasteiger partial charge is 0.253 e. The molecule has 0 aromatic rings. The quantitative estimate of drug-likeness (QED) is 0.707. The van der Waals surface area contributed by atoms with Gasteiger partial charge in [-0.3, -0.25) is 4.79 Å². The average molecular weight is 187 g/mol. The minimum atomic E-state index is -1.26. The van der Waals surface area contributed by atoms with Gasteiger partial charge in [0.05, 0.1) is 0 Å². The lowest BCUT2D eigenvalue weighted by Gasteiger charge is -2.30. The first kappa shape index (κ1) is 12.4. The summed E-state index contributed by atoms with van der Waals surface area (Å²) in [5.74, 6) is -0.234. The second-order valence-electron chi connectivity index (χ2n) is 5.28. The molecule has 0 fully saturated rings. The van der Waals surface area contributed by atoms with Crippen LogP contribution in [0.1, 0.15) is 34.6 Å². The summed E-state index contributed by atoms with van der Waals surface area (Å²) >= 11 is 0. The molecule has 3 nitrogen and oxygen atoms in total. The molecule has 0 rings (SSSR count). The lowest BCUT2D eigenvalue weighted by molar-refractivity contribution is -0.147. The van der Waals surface area contributed by atoms with E-state index in [0.29, 0.717) is 6.54 Å². The van der Waals surface area contributed by atoms with Gasteiger partial charge >= 0.3 is 0 Å². The zero-order valence-corrected chi connectivity index (χ0v) is 9.51. The van der Waals surface area contributed by atoms with Gasteiger partial charge in [-0.1, -0.05) is 20.8 Å². The SMILES string of the molecule is CN(CC(C)(C)C)C(=O)C(C)(C)O. The fraction of sp³-hybridized carbons (Fsp3) is 0.900. The van der Waals surface area contributed by atoms with Crippen LogP contribution in [-0.4, -0.2) is 35.1 Å². The Hall–Kier alpha value is -0.570. The van der Waals surface area contributed by atoms with Gasteiger partial charge in [0, 0.05) is 13.6 Å². The number of amides is 1. The van der Waals surface area contributed by atoms with Crippen LogP contribution in [0.5, 0.6) is 0 Å². The van der Waals surface area contributed by atoms with Crippen molar-refractivity contribution < 1.29 is 9.90 Å². The largest absolute Gasteiger partial charge is 0.381 e. The highest BCUT2D eigenvalue weighted by molar-refractivity contribution is 5.83. The zero-order valence-electron chi connectivity index (χ0n) is 9.51. The maximum Gasteiger partial charge on any atom is 0.253 e. The molecule has 0 radical (unpaired) electrons. The molecule has 0 unspecified atom stereocenters. The molecule has 3 heteroatoms. The van der Waals surface area contributed by atoms with Gasteiger partial charge in [0.1, 0.15) is 5.60 Å². The topological polar surface area (TPSA) is 40.5 Å². The second-order valence-corrected chi connectivity index (χ2v) is 5.28. The van der Waals surface area contributed by atoms with Crippen LogP contribution < -0.4 is 0 Å². The highest BCUT2D eigenvalue weighted by Gasteiger charge is 2.29. The van der Waals surface area contributed by atoms with E-state index in [9.17, 15) is 9.90 Å². The third kappa shape index (κ3) is 4.88. The Bertz CT molecular complexity index is 186. The third-order valence-electron chi connectivity index (χ3n) is 1.58. The second kappa shape index (κ2) is 3.66. The molecule has 0 saturated heterocycles. The van der Waals surface area contributed by atoms with Crippen LogP contribution in [0.4, 0.5) is 0 Å². The van der Waals surface area contributed by atoms with Crippen molar-refractivity contribution in [2.45, 2.75) is 40.2 Å². The molecule has 78 valence electrons. The van der Waals surface area contributed by atoms with Crippen LogP contribution >= 0.6 is 0 Å². The molecule has 13 heavy (non-hydrogen) atoms. The molecule has 0 bridgehead atoms. The first-order valence-electron chi connectivity index (χ1n) is 4.52. The van der Waals surface area contributed by atoms with Crippen LogP contribution in [0.3, 0.4) is 0 Å². The van der Waals surface area contributed by atoms with Crippen molar-refractivity contribution in [2.24, 2.45) is 5.41 Å². The molecular formula is C10H21NO2. The Kier molecular flexibility index (Phi) is 3.50. The van der Waals surface area contributed by atoms with Crippen molar-refractivity contribution in [1.29, 1.82) is 0 Å². The monoisotopic (exact) mass is 187 g/mol. The number of carbonyl (C=O) groups excluding carboxylic acids is 1. The molecule has 0 heterocycles. The first-order valence-corrected chi connectivity index (χ1v) is 4.52. The van der Waals surface area contributed by atoms with E-state index in [0.717, 1.165) is 0 Å². The molecule has 0 aromatic carbocycles. The van der Waals surface area contributed by atoms with Crippen molar-refractivity contribution in [3.8, 4) is 0 Å². The van der Waals surface area contributed by atoms with Gasteiger partial charge in [-0.15, -0.1) is 0 Å². The summed E-state index contributed by atoms with van der Waals surface area (Å²) < 4.78 is 0. The lowest BCUT2D eigenvalue weighted by atomic mass is 9.95. The molecule has 0 aliphatic rings. The Morgan fingerprint density at radius 3 is 1.85 bits per heavy atom. The van der Waals surface area contributed by atoms with Crippen LogP contribution in [0.25, 0.3) is 0 Å². The van der Waals surface area contributed by atoms with Crippen molar-refractivity contribution in [3.63, 3.8) is 0 Å². The molecule has 1 N–H and O–H groups in total. The Balaban J connectivity index is 4.30. The van der Waals surface area contributed by atoms with E-state index in [1.54, 1.807) is 11.9 Å². The fourth-order valence-electron chi connectivity index (χ4n) is 1.25. The van der Waals surface area contributed by atoms with Gasteiger partial charge in [-0.25, -0.2) is 0 Å². The number of aliphatic hydroxyl groups is 1. The van der Waals surface area contributed by atoms with Crippen molar-refractivity contribution in [2.75, 3.05) is 13.6 Å². The van der Waals surface area contributed by atoms with Gasteiger partial charge in [0.2, 0.25) is 0 Å². The van der Waals surface area contributed by atoms with E-state index in [1.165, 1.54) is 13.8 Å². The summed E-state index contributed by atoms with van der Waals surface area (Å²) in [6.45, 7) is 9.84. The van der Waals surface area contributed by atoms with Crippen LogP contribution in [0, 0.1) is 5.41 Å². The molecular weight excluding hydrogens is 166 g/mol. The molecule has 0 spiro atoms. The minimum absolute atomic E-state index is 0.0651. The van der Waals surface area contributed by atoms with Crippen molar-refractivity contribution >= 4 is 5.91 Å². The van der Waals surface area contributed by atoms with Crippen LogP contribution in [0.2, 0.25) is 0 Å². The number of nitrogens with zero attached hydrogens (tertiary/aromatic N) is 1. The number of carbonyl (C=O) groups is 1. The van der Waals surface area contributed by atoms with Crippen LogP contribution in [0.15, 0.2) is 0 Å². The van der Waals surface area contributed by atoms with E-state index in [2.05, 4.69) is 20.8 Å². The summed E-state index contributed by atoms with van der Waals surface area (Å²) in [5.41, 5.74) is -1.20. The maximum atomic E-state index is 11.5. The van der Waals surface area contributed by atoms with Gasteiger partial charge < -0.3 is 10.0 Å². The number of hydrogen-bond acceptors (Lipinski definition) is 2. The zero-order chi connectivity index (χ0) is 10.9. The predicted octanol–water partition coefficient (Wildman–Crippen LogP) is 1.26. The Labute approximate surface area is 80.7 Å². The molecule has 0 saturated carbocycles. The van der Waals surface area contributed by atoms with E-state index < -0.39 is 5.60 Å². The van der Waals surface area contributed by atoms with Crippen LogP contribution in [-0.2, 0) is 4.79 Å². The normalized spacial score (nSPS) is 12.8. The molecule has 0 aliphatic heterocycles.